The lowest BCUT2D eigenvalue weighted by Crippen LogP contribution is -2.24. The fraction of sp³-hybridized carbons (Fsp3) is 0.0909. The Kier molecular flexibility index (Phi) is 4.40. The SMILES string of the molecule is O=C(O)c1cc(Br)cc(S(=O)(=O)NCc2cn[nH]c2)c1F. The zero-order valence-corrected chi connectivity index (χ0v) is 12.7. The number of carboxylic acid groups (broad SMARTS) is 1. The van der Waals surface area contributed by atoms with Gasteiger partial charge in [0, 0.05) is 22.8 Å². The van der Waals surface area contributed by atoms with Crippen molar-refractivity contribution in [3.63, 3.8) is 0 Å². The molecule has 0 fully saturated rings. The van der Waals surface area contributed by atoms with E-state index in [1.165, 1.54) is 12.4 Å². The van der Waals surface area contributed by atoms with Gasteiger partial charge in [0.25, 0.3) is 0 Å². The lowest BCUT2D eigenvalue weighted by atomic mass is 10.2. The summed E-state index contributed by atoms with van der Waals surface area (Å²) < 4.78 is 40.5. The van der Waals surface area contributed by atoms with E-state index in [0.717, 1.165) is 12.1 Å². The molecule has 0 amide bonds. The van der Waals surface area contributed by atoms with E-state index in [1.807, 2.05) is 0 Å². The van der Waals surface area contributed by atoms with Crippen LogP contribution in [0.3, 0.4) is 0 Å². The molecular weight excluding hydrogens is 369 g/mol. The van der Waals surface area contributed by atoms with Crippen molar-refractivity contribution in [1.82, 2.24) is 14.9 Å². The maximum atomic E-state index is 14.0. The molecule has 0 unspecified atom stereocenters. The number of nitrogens with one attached hydrogen (secondary N) is 2. The van der Waals surface area contributed by atoms with Gasteiger partial charge in [-0.15, -0.1) is 0 Å². The van der Waals surface area contributed by atoms with Crippen molar-refractivity contribution in [3.8, 4) is 0 Å². The fourth-order valence-corrected chi connectivity index (χ4v) is 3.30. The number of nitrogens with zero attached hydrogens (tertiary/aromatic N) is 1. The Labute approximate surface area is 127 Å². The topological polar surface area (TPSA) is 112 Å². The number of carbonyl (C=O) groups is 1. The van der Waals surface area contributed by atoms with Crippen molar-refractivity contribution in [3.05, 3.63) is 45.9 Å². The smallest absolute Gasteiger partial charge is 0.338 e. The Morgan fingerprint density at radius 3 is 2.76 bits per heavy atom. The van der Waals surface area contributed by atoms with E-state index in [1.54, 1.807) is 0 Å². The summed E-state index contributed by atoms with van der Waals surface area (Å²) in [5, 5.41) is 15.0. The van der Waals surface area contributed by atoms with Crippen molar-refractivity contribution < 1.29 is 22.7 Å². The van der Waals surface area contributed by atoms with E-state index >= 15 is 0 Å². The van der Waals surface area contributed by atoms with Crippen LogP contribution in [0.25, 0.3) is 0 Å². The normalized spacial score (nSPS) is 11.5. The van der Waals surface area contributed by atoms with Gasteiger partial charge in [-0.25, -0.2) is 22.3 Å². The third-order valence-electron chi connectivity index (χ3n) is 2.55. The summed E-state index contributed by atoms with van der Waals surface area (Å²) >= 11 is 2.96. The third kappa shape index (κ3) is 3.46. The molecule has 2 aromatic rings. The van der Waals surface area contributed by atoms with Crippen molar-refractivity contribution in [2.75, 3.05) is 0 Å². The minimum Gasteiger partial charge on any atom is -0.478 e. The summed E-state index contributed by atoms with van der Waals surface area (Å²) in [5.74, 6) is -2.87. The van der Waals surface area contributed by atoms with E-state index in [2.05, 4.69) is 30.8 Å². The number of sulfonamides is 1. The maximum absolute atomic E-state index is 14.0. The molecule has 0 spiro atoms. The first kappa shape index (κ1) is 15.6. The monoisotopic (exact) mass is 377 g/mol. The molecular formula is C11H9BrFN3O4S. The van der Waals surface area contributed by atoms with E-state index < -0.39 is 32.3 Å². The van der Waals surface area contributed by atoms with Crippen LogP contribution < -0.4 is 4.72 Å². The van der Waals surface area contributed by atoms with Crippen molar-refractivity contribution in [2.24, 2.45) is 0 Å². The van der Waals surface area contributed by atoms with Gasteiger partial charge in [0.1, 0.15) is 4.90 Å². The molecule has 1 heterocycles. The van der Waals surface area contributed by atoms with Crippen LogP contribution in [0.5, 0.6) is 0 Å². The standard InChI is InChI=1S/C11H9BrFN3O4S/c12-7-1-8(11(17)18)10(13)9(2-7)21(19,20)16-5-6-3-14-15-4-6/h1-4,16H,5H2,(H,14,15)(H,17,18). The first-order chi connectivity index (χ1) is 9.81. The average molecular weight is 378 g/mol. The Bertz CT molecular complexity index is 777. The predicted molar refractivity (Wildman–Crippen MR) is 73.7 cm³/mol. The van der Waals surface area contributed by atoms with Gasteiger partial charge in [-0.05, 0) is 12.1 Å². The van der Waals surface area contributed by atoms with E-state index in [0.29, 0.717) is 5.56 Å². The van der Waals surface area contributed by atoms with Gasteiger partial charge in [-0.3, -0.25) is 5.10 Å². The van der Waals surface area contributed by atoms with Crippen LogP contribution in [0.1, 0.15) is 15.9 Å². The molecule has 0 atom stereocenters. The summed E-state index contributed by atoms with van der Waals surface area (Å²) in [5.41, 5.74) is -0.180. The van der Waals surface area contributed by atoms with Crippen molar-refractivity contribution >= 4 is 31.9 Å². The van der Waals surface area contributed by atoms with E-state index in [-0.39, 0.29) is 11.0 Å². The molecule has 112 valence electrons. The van der Waals surface area contributed by atoms with Crippen LogP contribution in [0.15, 0.2) is 33.9 Å². The summed E-state index contributed by atoms with van der Waals surface area (Å²) in [6, 6.07) is 1.99. The van der Waals surface area contributed by atoms with Gasteiger partial charge in [0.15, 0.2) is 5.82 Å². The first-order valence-electron chi connectivity index (χ1n) is 5.51. The predicted octanol–water partition coefficient (Wildman–Crippen LogP) is 1.49. The molecule has 0 aliphatic heterocycles. The van der Waals surface area contributed by atoms with E-state index in [9.17, 15) is 17.6 Å². The molecule has 0 saturated heterocycles. The van der Waals surface area contributed by atoms with Crippen LogP contribution >= 0.6 is 15.9 Å². The zero-order valence-electron chi connectivity index (χ0n) is 10.3. The van der Waals surface area contributed by atoms with Crippen molar-refractivity contribution in [1.29, 1.82) is 0 Å². The second-order valence-electron chi connectivity index (χ2n) is 4.00. The molecule has 0 aliphatic rings. The molecule has 1 aromatic carbocycles. The number of halogens is 2. The molecule has 2 rings (SSSR count). The van der Waals surface area contributed by atoms with Crippen LogP contribution in [0.2, 0.25) is 0 Å². The number of aromatic carboxylic acids is 1. The molecule has 0 radical (unpaired) electrons. The highest BCUT2D eigenvalue weighted by Gasteiger charge is 2.24. The van der Waals surface area contributed by atoms with Crippen molar-refractivity contribution in [2.45, 2.75) is 11.4 Å². The molecule has 0 bridgehead atoms. The number of carboxylic acids is 1. The summed E-state index contributed by atoms with van der Waals surface area (Å²) in [6.07, 6.45) is 2.88. The lowest BCUT2D eigenvalue weighted by Gasteiger charge is -2.09. The molecule has 1 aromatic heterocycles. The largest absolute Gasteiger partial charge is 0.478 e. The second-order valence-corrected chi connectivity index (χ2v) is 6.65. The number of hydrogen-bond acceptors (Lipinski definition) is 4. The number of benzene rings is 1. The zero-order chi connectivity index (χ0) is 15.6. The minimum atomic E-state index is -4.21. The Balaban J connectivity index is 2.37. The number of hydrogen-bond donors (Lipinski definition) is 3. The molecule has 21 heavy (non-hydrogen) atoms. The lowest BCUT2D eigenvalue weighted by molar-refractivity contribution is 0.0691. The van der Waals surface area contributed by atoms with E-state index in [4.69, 9.17) is 5.11 Å². The summed E-state index contributed by atoms with van der Waals surface area (Å²) in [6.45, 7) is -0.104. The van der Waals surface area contributed by atoms with Crippen LogP contribution in [-0.2, 0) is 16.6 Å². The molecule has 10 heteroatoms. The van der Waals surface area contributed by atoms with Gasteiger partial charge < -0.3 is 5.11 Å². The van der Waals surface area contributed by atoms with Gasteiger partial charge in [-0.2, -0.15) is 5.10 Å². The quantitative estimate of drug-likeness (QED) is 0.730. The summed E-state index contributed by atoms with van der Waals surface area (Å²) in [7, 11) is -4.21. The molecule has 0 saturated carbocycles. The first-order valence-corrected chi connectivity index (χ1v) is 7.78. The number of aromatic nitrogens is 2. The van der Waals surface area contributed by atoms with Crippen LogP contribution in [-0.4, -0.2) is 29.7 Å². The van der Waals surface area contributed by atoms with Gasteiger partial charge in [0.05, 0.1) is 11.8 Å². The average Bonchev–Trinajstić information content (AvgIpc) is 2.91. The molecule has 7 nitrogen and oxygen atoms in total. The number of H-pyrrole nitrogens is 1. The second kappa shape index (κ2) is 5.92. The number of rotatable bonds is 5. The Hall–Kier alpha value is -1.78. The Morgan fingerprint density at radius 1 is 1.48 bits per heavy atom. The van der Waals surface area contributed by atoms with Crippen LogP contribution in [0, 0.1) is 5.82 Å². The molecule has 0 aliphatic carbocycles. The highest BCUT2D eigenvalue weighted by molar-refractivity contribution is 9.10. The fourth-order valence-electron chi connectivity index (χ4n) is 1.55. The highest BCUT2D eigenvalue weighted by atomic mass is 79.9. The Morgan fingerprint density at radius 2 is 2.19 bits per heavy atom. The highest BCUT2D eigenvalue weighted by Crippen LogP contribution is 2.24. The minimum absolute atomic E-state index is 0.104. The maximum Gasteiger partial charge on any atom is 0.338 e. The van der Waals surface area contributed by atoms with Crippen LogP contribution in [0.4, 0.5) is 4.39 Å². The van der Waals surface area contributed by atoms with Gasteiger partial charge in [-0.1, -0.05) is 15.9 Å². The molecule has 3 N–H and O–H groups in total. The number of aromatic amines is 1. The summed E-state index contributed by atoms with van der Waals surface area (Å²) in [4.78, 5) is 10.2. The van der Waals surface area contributed by atoms with Gasteiger partial charge in [0.2, 0.25) is 10.0 Å². The van der Waals surface area contributed by atoms with Gasteiger partial charge >= 0.3 is 5.97 Å². The third-order valence-corrected chi connectivity index (χ3v) is 4.40.